The summed E-state index contributed by atoms with van der Waals surface area (Å²) in [5, 5.41) is 0.629. The highest BCUT2D eigenvalue weighted by molar-refractivity contribution is 6.30. The van der Waals surface area contributed by atoms with Crippen molar-refractivity contribution in [2.75, 3.05) is 19.7 Å². The minimum Gasteiger partial charge on any atom is -0.478 e. The number of hydrogen-bond donors (Lipinski definition) is 0. The zero-order chi connectivity index (χ0) is 17.9. The van der Waals surface area contributed by atoms with Crippen molar-refractivity contribution in [2.24, 2.45) is 0 Å². The number of rotatable bonds is 4. The van der Waals surface area contributed by atoms with Gasteiger partial charge in [0.05, 0.1) is 13.2 Å². The summed E-state index contributed by atoms with van der Waals surface area (Å²) in [4.78, 5) is 18.9. The number of pyridine rings is 1. The van der Waals surface area contributed by atoms with Crippen molar-refractivity contribution >= 4 is 17.5 Å². The van der Waals surface area contributed by atoms with Crippen LogP contribution in [-0.4, -0.2) is 41.1 Å². The molecule has 0 spiro atoms. The summed E-state index contributed by atoms with van der Waals surface area (Å²) >= 11 is 5.89. The summed E-state index contributed by atoms with van der Waals surface area (Å²) in [6.07, 6.45) is 3.32. The number of aromatic nitrogens is 1. The lowest BCUT2D eigenvalue weighted by Gasteiger charge is -2.37. The van der Waals surface area contributed by atoms with Crippen LogP contribution in [-0.2, 0) is 9.53 Å². The van der Waals surface area contributed by atoms with E-state index >= 15 is 0 Å². The van der Waals surface area contributed by atoms with Gasteiger partial charge in [-0.2, -0.15) is 0 Å². The number of hydrogen-bond acceptors (Lipinski definition) is 4. The van der Waals surface area contributed by atoms with Crippen LogP contribution in [0.2, 0.25) is 5.02 Å². The molecule has 0 radical (unpaired) electrons. The predicted molar refractivity (Wildman–Crippen MR) is 95.7 cm³/mol. The van der Waals surface area contributed by atoms with Crippen LogP contribution in [0, 0.1) is 0 Å². The molecular weight excluding hydrogens is 340 g/mol. The van der Waals surface area contributed by atoms with Crippen molar-refractivity contribution in [1.82, 2.24) is 9.88 Å². The van der Waals surface area contributed by atoms with E-state index in [0.29, 0.717) is 30.5 Å². The van der Waals surface area contributed by atoms with Crippen molar-refractivity contribution < 1.29 is 14.3 Å². The first-order valence-corrected chi connectivity index (χ1v) is 8.59. The van der Waals surface area contributed by atoms with Gasteiger partial charge in [0.15, 0.2) is 5.60 Å². The molecule has 6 heteroatoms. The lowest BCUT2D eigenvalue weighted by molar-refractivity contribution is -0.153. The molecule has 25 heavy (non-hydrogen) atoms. The van der Waals surface area contributed by atoms with Gasteiger partial charge in [-0.25, -0.2) is 0 Å². The molecule has 1 fully saturated rings. The zero-order valence-corrected chi connectivity index (χ0v) is 15.1. The van der Waals surface area contributed by atoms with Crippen LogP contribution in [0.3, 0.4) is 0 Å². The van der Waals surface area contributed by atoms with Gasteiger partial charge in [-0.1, -0.05) is 17.7 Å². The highest BCUT2D eigenvalue weighted by atomic mass is 35.5. The number of carbonyl (C=O) groups excluding carboxylic acids is 1. The molecule has 0 bridgehead atoms. The van der Waals surface area contributed by atoms with Crippen LogP contribution in [0.5, 0.6) is 5.75 Å². The summed E-state index contributed by atoms with van der Waals surface area (Å²) in [5.74, 6) is 0.541. The summed E-state index contributed by atoms with van der Waals surface area (Å²) in [6, 6.07) is 10.8. The molecule has 1 aromatic carbocycles. The van der Waals surface area contributed by atoms with Gasteiger partial charge >= 0.3 is 0 Å². The fraction of sp³-hybridized carbons (Fsp3) is 0.368. The van der Waals surface area contributed by atoms with Gasteiger partial charge < -0.3 is 14.4 Å². The Bertz CT molecular complexity index is 719. The summed E-state index contributed by atoms with van der Waals surface area (Å²) in [5.41, 5.74) is -0.0126. The van der Waals surface area contributed by atoms with Crippen molar-refractivity contribution in [3.05, 3.63) is 59.4 Å². The number of ether oxygens (including phenoxy) is 2. The lowest BCUT2D eigenvalue weighted by Crippen LogP contribution is -2.53. The van der Waals surface area contributed by atoms with Gasteiger partial charge in [-0.3, -0.25) is 9.78 Å². The summed E-state index contributed by atoms with van der Waals surface area (Å²) < 4.78 is 11.7. The Kier molecular flexibility index (Phi) is 5.25. The second kappa shape index (κ2) is 7.42. The van der Waals surface area contributed by atoms with Gasteiger partial charge in [0.2, 0.25) is 0 Å². The SMILES string of the molecule is CC(C)(Oc1ccc(Cl)cc1)C(=O)N1CCO[C@H](c2cccnc2)C1. The fourth-order valence-electron chi connectivity index (χ4n) is 2.82. The van der Waals surface area contributed by atoms with Crippen molar-refractivity contribution in [3.63, 3.8) is 0 Å². The second-order valence-electron chi connectivity index (χ2n) is 6.46. The molecule has 0 N–H and O–H groups in total. The van der Waals surface area contributed by atoms with E-state index in [4.69, 9.17) is 21.1 Å². The van der Waals surface area contributed by atoms with E-state index < -0.39 is 5.60 Å². The summed E-state index contributed by atoms with van der Waals surface area (Å²) in [6.45, 7) is 5.07. The van der Waals surface area contributed by atoms with E-state index in [2.05, 4.69) is 4.98 Å². The topological polar surface area (TPSA) is 51.7 Å². The normalized spacial score (nSPS) is 18.0. The van der Waals surface area contributed by atoms with E-state index in [1.165, 1.54) is 0 Å². The van der Waals surface area contributed by atoms with E-state index in [1.54, 1.807) is 55.4 Å². The molecule has 0 aliphatic carbocycles. The highest BCUT2D eigenvalue weighted by Crippen LogP contribution is 2.26. The van der Waals surface area contributed by atoms with Crippen molar-refractivity contribution in [3.8, 4) is 5.75 Å². The Morgan fingerprint density at radius 1 is 1.32 bits per heavy atom. The van der Waals surface area contributed by atoms with Gasteiger partial charge in [-0.05, 0) is 44.2 Å². The third kappa shape index (κ3) is 4.30. The summed E-state index contributed by atoms with van der Waals surface area (Å²) in [7, 11) is 0. The monoisotopic (exact) mass is 360 g/mol. The molecule has 1 amide bonds. The number of carbonyl (C=O) groups is 1. The van der Waals surface area contributed by atoms with E-state index in [9.17, 15) is 4.79 Å². The van der Waals surface area contributed by atoms with Crippen LogP contribution in [0.1, 0.15) is 25.5 Å². The standard InChI is InChI=1S/C19H21ClN2O3/c1-19(2,25-16-7-5-15(20)6-8-16)18(23)22-10-11-24-17(13-22)14-4-3-9-21-12-14/h3-9,12,17H,10-11,13H2,1-2H3/t17-/m0/s1. The second-order valence-corrected chi connectivity index (χ2v) is 6.90. The molecule has 2 heterocycles. The molecule has 5 nitrogen and oxygen atoms in total. The zero-order valence-electron chi connectivity index (χ0n) is 14.3. The van der Waals surface area contributed by atoms with Crippen LogP contribution in [0.25, 0.3) is 0 Å². The maximum absolute atomic E-state index is 13.0. The van der Waals surface area contributed by atoms with Gasteiger partial charge in [0.25, 0.3) is 5.91 Å². The molecule has 1 aromatic heterocycles. The maximum Gasteiger partial charge on any atom is 0.266 e. The first kappa shape index (κ1) is 17.7. The Morgan fingerprint density at radius 3 is 2.76 bits per heavy atom. The van der Waals surface area contributed by atoms with Crippen molar-refractivity contribution in [1.29, 1.82) is 0 Å². The van der Waals surface area contributed by atoms with Gasteiger partial charge in [0, 0.05) is 29.5 Å². The van der Waals surface area contributed by atoms with Crippen LogP contribution in [0.15, 0.2) is 48.8 Å². The number of halogens is 1. The average molecular weight is 361 g/mol. The van der Waals surface area contributed by atoms with Crippen molar-refractivity contribution in [2.45, 2.75) is 25.6 Å². The largest absolute Gasteiger partial charge is 0.478 e. The first-order chi connectivity index (χ1) is 12.0. The quantitative estimate of drug-likeness (QED) is 0.837. The van der Waals surface area contributed by atoms with Gasteiger partial charge in [0.1, 0.15) is 11.9 Å². The third-order valence-corrected chi connectivity index (χ3v) is 4.36. The van der Waals surface area contributed by atoms with Gasteiger partial charge in [-0.15, -0.1) is 0 Å². The van der Waals surface area contributed by atoms with E-state index in [-0.39, 0.29) is 12.0 Å². The number of amides is 1. The Morgan fingerprint density at radius 2 is 2.08 bits per heavy atom. The maximum atomic E-state index is 13.0. The molecule has 1 aliphatic heterocycles. The lowest BCUT2D eigenvalue weighted by atomic mass is 10.0. The molecule has 1 atom stereocenters. The van der Waals surface area contributed by atoms with E-state index in [1.807, 2.05) is 12.1 Å². The number of morpholine rings is 1. The average Bonchev–Trinajstić information content (AvgIpc) is 2.64. The smallest absolute Gasteiger partial charge is 0.266 e. The van der Waals surface area contributed by atoms with Crippen LogP contribution < -0.4 is 4.74 Å². The molecular formula is C19H21ClN2O3. The molecule has 1 saturated heterocycles. The predicted octanol–water partition coefficient (Wildman–Crippen LogP) is 3.49. The van der Waals surface area contributed by atoms with Crippen LogP contribution in [0.4, 0.5) is 0 Å². The first-order valence-electron chi connectivity index (χ1n) is 8.21. The highest BCUT2D eigenvalue weighted by Gasteiger charge is 2.37. The number of nitrogens with zero attached hydrogens (tertiary/aromatic N) is 2. The molecule has 0 unspecified atom stereocenters. The molecule has 3 rings (SSSR count). The Hall–Kier alpha value is -2.11. The molecule has 1 aliphatic rings. The fourth-order valence-corrected chi connectivity index (χ4v) is 2.95. The van der Waals surface area contributed by atoms with Crippen LogP contribution >= 0.6 is 11.6 Å². The minimum absolute atomic E-state index is 0.0698. The number of benzene rings is 1. The molecule has 0 saturated carbocycles. The van der Waals surface area contributed by atoms with E-state index in [0.717, 1.165) is 5.56 Å². The molecule has 132 valence electrons. The Balaban J connectivity index is 1.69. The Labute approximate surface area is 152 Å². The third-order valence-electron chi connectivity index (χ3n) is 4.11. The molecule has 2 aromatic rings. The minimum atomic E-state index is -0.981.